The molecule has 1 heterocycles. The Morgan fingerprint density at radius 1 is 1.19 bits per heavy atom. The highest BCUT2D eigenvalue weighted by Crippen LogP contribution is 2.26. The van der Waals surface area contributed by atoms with E-state index in [0.717, 1.165) is 36.9 Å². The lowest BCUT2D eigenvalue weighted by molar-refractivity contribution is -0.119. The molecule has 0 saturated carbocycles. The molecule has 154 valence electrons. The van der Waals surface area contributed by atoms with Crippen LogP contribution in [-0.4, -0.2) is 40.8 Å². The largest absolute Gasteiger partial charge is 0.381 e. The van der Waals surface area contributed by atoms with Crippen LogP contribution in [0.15, 0.2) is 4.99 Å². The number of carbonyl (C=O) groups is 1. The van der Waals surface area contributed by atoms with Crippen LogP contribution < -0.4 is 16.4 Å². The molecule has 27 heavy (non-hydrogen) atoms. The number of amidine groups is 1. The second-order valence-electron chi connectivity index (χ2n) is 6.02. The lowest BCUT2D eigenvalue weighted by Crippen LogP contribution is -2.35. The molecule has 0 aliphatic heterocycles. The minimum absolute atomic E-state index is 0.0560. The van der Waals surface area contributed by atoms with Crippen LogP contribution in [0.2, 0.25) is 0 Å². The van der Waals surface area contributed by atoms with Crippen molar-refractivity contribution in [3.63, 3.8) is 0 Å². The lowest BCUT2D eigenvalue weighted by atomic mass is 10.2. The minimum atomic E-state index is -0.0560. The van der Waals surface area contributed by atoms with Crippen LogP contribution in [0.5, 0.6) is 0 Å². The van der Waals surface area contributed by atoms with Crippen LogP contribution in [0, 0.1) is 0 Å². The predicted octanol–water partition coefficient (Wildman–Crippen LogP) is 3.07. The van der Waals surface area contributed by atoms with Gasteiger partial charge >= 0.3 is 0 Å². The summed E-state index contributed by atoms with van der Waals surface area (Å²) in [5.41, 5.74) is 8.09. The zero-order valence-electron chi connectivity index (χ0n) is 18.1. The van der Waals surface area contributed by atoms with Crippen LogP contribution in [0.25, 0.3) is 0 Å². The number of nitrogens with one attached hydrogen (secondary N) is 2. The first-order valence-corrected chi connectivity index (χ1v) is 10.2. The van der Waals surface area contributed by atoms with Crippen molar-refractivity contribution in [2.75, 3.05) is 18.4 Å². The Labute approximate surface area is 164 Å². The highest BCUT2D eigenvalue weighted by Gasteiger charge is 2.20. The SMILES string of the molecule is CC.CC.CCCN=C(N)c1nc2c(c(NCC(=O)NC(C)C)n1)CCC2. The van der Waals surface area contributed by atoms with Gasteiger partial charge in [-0.05, 0) is 39.5 Å². The zero-order chi connectivity index (χ0) is 20.8. The van der Waals surface area contributed by atoms with Crippen molar-refractivity contribution in [2.45, 2.75) is 80.2 Å². The molecular formula is C20H38N6O. The summed E-state index contributed by atoms with van der Waals surface area (Å²) in [5, 5.41) is 5.98. The van der Waals surface area contributed by atoms with E-state index >= 15 is 0 Å². The van der Waals surface area contributed by atoms with Gasteiger partial charge in [-0.3, -0.25) is 9.79 Å². The average Bonchev–Trinajstić information content (AvgIpc) is 3.15. The molecular weight excluding hydrogens is 340 g/mol. The highest BCUT2D eigenvalue weighted by molar-refractivity contribution is 5.94. The predicted molar refractivity (Wildman–Crippen MR) is 114 cm³/mol. The monoisotopic (exact) mass is 378 g/mol. The van der Waals surface area contributed by atoms with Crippen LogP contribution in [-0.2, 0) is 17.6 Å². The van der Waals surface area contributed by atoms with Crippen molar-refractivity contribution >= 4 is 17.6 Å². The van der Waals surface area contributed by atoms with E-state index < -0.39 is 0 Å². The number of amides is 1. The summed E-state index contributed by atoms with van der Waals surface area (Å²) >= 11 is 0. The topological polar surface area (TPSA) is 105 Å². The number of aromatic nitrogens is 2. The van der Waals surface area contributed by atoms with Gasteiger partial charge in [0.05, 0.1) is 6.54 Å². The Morgan fingerprint density at radius 3 is 2.44 bits per heavy atom. The highest BCUT2D eigenvalue weighted by atomic mass is 16.1. The van der Waals surface area contributed by atoms with Crippen LogP contribution in [0.4, 0.5) is 5.82 Å². The molecule has 7 heteroatoms. The molecule has 1 aromatic rings. The van der Waals surface area contributed by atoms with Gasteiger partial charge in [0.2, 0.25) is 5.91 Å². The fraction of sp³-hybridized carbons (Fsp3) is 0.700. The van der Waals surface area contributed by atoms with Gasteiger partial charge in [0.1, 0.15) is 5.82 Å². The number of nitrogens with two attached hydrogens (primary N) is 1. The van der Waals surface area contributed by atoms with Crippen LogP contribution in [0.3, 0.4) is 0 Å². The van der Waals surface area contributed by atoms with Gasteiger partial charge in [0.15, 0.2) is 11.7 Å². The van der Waals surface area contributed by atoms with Gasteiger partial charge in [-0.1, -0.05) is 34.6 Å². The molecule has 0 spiro atoms. The Kier molecular flexibility index (Phi) is 12.8. The Bertz CT molecular complexity index is 598. The Morgan fingerprint density at radius 2 is 1.85 bits per heavy atom. The van der Waals surface area contributed by atoms with E-state index in [1.807, 2.05) is 48.5 Å². The molecule has 0 unspecified atom stereocenters. The number of aliphatic imine (C=N–C) groups is 1. The third kappa shape index (κ3) is 8.37. The number of fused-ring (bicyclic) bond motifs is 1. The summed E-state index contributed by atoms with van der Waals surface area (Å²) in [6, 6.07) is 0.118. The lowest BCUT2D eigenvalue weighted by Gasteiger charge is -2.13. The molecule has 1 aliphatic rings. The number of hydrogen-bond donors (Lipinski definition) is 3. The molecule has 0 atom stereocenters. The fourth-order valence-corrected chi connectivity index (χ4v) is 2.53. The normalized spacial score (nSPS) is 12.4. The molecule has 1 aliphatic carbocycles. The first kappa shape index (κ1) is 24.8. The molecule has 2 rings (SSSR count). The van der Waals surface area contributed by atoms with E-state index in [1.54, 1.807) is 0 Å². The molecule has 0 radical (unpaired) electrons. The number of anilines is 1. The van der Waals surface area contributed by atoms with E-state index in [-0.39, 0.29) is 18.5 Å². The maximum atomic E-state index is 11.8. The van der Waals surface area contributed by atoms with Crippen molar-refractivity contribution in [1.29, 1.82) is 0 Å². The molecule has 4 N–H and O–H groups in total. The van der Waals surface area contributed by atoms with Gasteiger partial charge in [-0.2, -0.15) is 0 Å². The maximum Gasteiger partial charge on any atom is 0.239 e. The van der Waals surface area contributed by atoms with E-state index in [0.29, 0.717) is 24.0 Å². The first-order valence-electron chi connectivity index (χ1n) is 10.2. The van der Waals surface area contributed by atoms with Crippen LogP contribution in [0.1, 0.15) is 78.4 Å². The zero-order valence-corrected chi connectivity index (χ0v) is 18.1. The number of nitrogens with zero attached hydrogens (tertiary/aromatic N) is 3. The van der Waals surface area contributed by atoms with Crippen molar-refractivity contribution in [2.24, 2.45) is 10.7 Å². The quantitative estimate of drug-likeness (QED) is 0.499. The summed E-state index contributed by atoms with van der Waals surface area (Å²) in [5.74, 6) is 1.46. The van der Waals surface area contributed by atoms with Crippen molar-refractivity contribution in [3.8, 4) is 0 Å². The van der Waals surface area contributed by atoms with Crippen molar-refractivity contribution in [3.05, 3.63) is 17.1 Å². The summed E-state index contributed by atoms with van der Waals surface area (Å²) in [4.78, 5) is 25.1. The third-order valence-electron chi connectivity index (χ3n) is 3.53. The molecule has 7 nitrogen and oxygen atoms in total. The molecule has 0 fully saturated rings. The number of rotatable bonds is 7. The second kappa shape index (κ2) is 13.9. The summed E-state index contributed by atoms with van der Waals surface area (Å²) in [6.45, 7) is 14.8. The number of aryl methyl sites for hydroxylation is 1. The standard InChI is InChI=1S/C16H26N6O.2C2H6/c1-4-8-18-14(17)16-21-12-7-5-6-11(12)15(22-16)19-9-13(23)20-10(2)3;2*1-2/h10H,4-9H2,1-3H3,(H2,17,18)(H,20,23)(H,19,21,22);2*1-2H3. The van der Waals surface area contributed by atoms with E-state index in [4.69, 9.17) is 5.73 Å². The van der Waals surface area contributed by atoms with E-state index in [2.05, 4.69) is 25.6 Å². The van der Waals surface area contributed by atoms with Gasteiger partial charge in [-0.25, -0.2) is 9.97 Å². The Balaban J connectivity index is 0.00000158. The molecule has 1 aromatic heterocycles. The van der Waals surface area contributed by atoms with E-state index in [9.17, 15) is 4.79 Å². The van der Waals surface area contributed by atoms with Gasteiger partial charge in [0.25, 0.3) is 0 Å². The second-order valence-corrected chi connectivity index (χ2v) is 6.02. The minimum Gasteiger partial charge on any atom is -0.381 e. The van der Waals surface area contributed by atoms with Gasteiger partial charge in [-0.15, -0.1) is 0 Å². The van der Waals surface area contributed by atoms with Gasteiger partial charge < -0.3 is 16.4 Å². The molecule has 1 amide bonds. The average molecular weight is 379 g/mol. The third-order valence-corrected chi connectivity index (χ3v) is 3.53. The number of hydrogen-bond acceptors (Lipinski definition) is 5. The summed E-state index contributed by atoms with van der Waals surface area (Å²) < 4.78 is 0. The maximum absolute atomic E-state index is 11.8. The molecule has 0 aromatic carbocycles. The summed E-state index contributed by atoms with van der Waals surface area (Å²) in [7, 11) is 0. The number of carbonyl (C=O) groups excluding carboxylic acids is 1. The Hall–Kier alpha value is -2.18. The van der Waals surface area contributed by atoms with Crippen molar-refractivity contribution < 1.29 is 4.79 Å². The molecule has 0 saturated heterocycles. The van der Waals surface area contributed by atoms with Gasteiger partial charge in [0, 0.05) is 23.8 Å². The van der Waals surface area contributed by atoms with E-state index in [1.165, 1.54) is 0 Å². The first-order chi connectivity index (χ1) is 13.0. The fourth-order valence-electron chi connectivity index (χ4n) is 2.53. The van der Waals surface area contributed by atoms with Crippen LogP contribution >= 0.6 is 0 Å². The van der Waals surface area contributed by atoms with Crippen molar-refractivity contribution in [1.82, 2.24) is 15.3 Å². The molecule has 0 bridgehead atoms. The smallest absolute Gasteiger partial charge is 0.239 e. The summed E-state index contributed by atoms with van der Waals surface area (Å²) in [6.07, 6.45) is 3.81.